The van der Waals surface area contributed by atoms with E-state index in [-0.39, 0.29) is 0 Å². The van der Waals surface area contributed by atoms with Crippen LogP contribution in [0.15, 0.2) is 0 Å². The average molecular weight is 299 g/mol. The number of hydrogen-bond acceptors (Lipinski definition) is 0. The Balaban J connectivity index is 1.60. The van der Waals surface area contributed by atoms with Gasteiger partial charge in [-0.1, -0.05) is 44.9 Å². The smallest absolute Gasteiger partial charge is 0.127 e. The van der Waals surface area contributed by atoms with Crippen LogP contribution in [0.1, 0.15) is 70.6 Å². The SMILES string of the molecule is C1CCCCCC([NH2+]CC[NH+]2CC[NH2+]CC2)CCCCC1. The van der Waals surface area contributed by atoms with Crippen molar-refractivity contribution in [3.63, 3.8) is 0 Å². The second-order valence-corrected chi connectivity index (χ2v) is 7.41. The Morgan fingerprint density at radius 1 is 0.762 bits per heavy atom. The summed E-state index contributed by atoms with van der Waals surface area (Å²) in [5, 5.41) is 5.18. The van der Waals surface area contributed by atoms with Crippen molar-refractivity contribution in [2.45, 2.75) is 76.7 Å². The predicted molar refractivity (Wildman–Crippen MR) is 88.6 cm³/mol. The van der Waals surface area contributed by atoms with Crippen LogP contribution in [-0.4, -0.2) is 45.3 Å². The van der Waals surface area contributed by atoms with Gasteiger partial charge in [0.05, 0.1) is 6.04 Å². The fraction of sp³-hybridized carbons (Fsp3) is 1.00. The lowest BCUT2D eigenvalue weighted by Gasteiger charge is -2.23. The molecule has 0 spiro atoms. The molecule has 0 amide bonds. The molecule has 0 radical (unpaired) electrons. The molecular weight excluding hydrogens is 258 g/mol. The zero-order chi connectivity index (χ0) is 14.6. The first-order valence-electron chi connectivity index (χ1n) is 9.94. The number of piperazine rings is 1. The van der Waals surface area contributed by atoms with E-state index < -0.39 is 0 Å². The van der Waals surface area contributed by atoms with Crippen LogP contribution in [-0.2, 0) is 0 Å². The molecule has 2 fully saturated rings. The lowest BCUT2D eigenvalue weighted by Crippen LogP contribution is -3.22. The first-order chi connectivity index (χ1) is 10.4. The standard InChI is InChI=1S/C18H37N3/c1-2-4-6-8-10-18(11-9-7-5-3-1)20-14-17-21-15-12-19-13-16-21/h18-20H,1-17H2/p+3. The van der Waals surface area contributed by atoms with Crippen molar-refractivity contribution in [2.24, 2.45) is 0 Å². The summed E-state index contributed by atoms with van der Waals surface area (Å²) in [5.41, 5.74) is 0. The Morgan fingerprint density at radius 3 is 1.86 bits per heavy atom. The Hall–Kier alpha value is -0.120. The summed E-state index contributed by atoms with van der Waals surface area (Å²) in [5.74, 6) is 0. The molecule has 3 heteroatoms. The van der Waals surface area contributed by atoms with E-state index in [4.69, 9.17) is 0 Å². The summed E-state index contributed by atoms with van der Waals surface area (Å²) in [6.07, 6.45) is 16.3. The van der Waals surface area contributed by atoms with Gasteiger partial charge >= 0.3 is 0 Å². The molecule has 124 valence electrons. The van der Waals surface area contributed by atoms with Gasteiger partial charge in [-0.25, -0.2) is 0 Å². The van der Waals surface area contributed by atoms with Crippen molar-refractivity contribution in [2.75, 3.05) is 39.3 Å². The summed E-state index contributed by atoms with van der Waals surface area (Å²) in [4.78, 5) is 1.85. The van der Waals surface area contributed by atoms with Gasteiger partial charge in [0.2, 0.25) is 0 Å². The second kappa shape index (κ2) is 11.4. The van der Waals surface area contributed by atoms with E-state index in [2.05, 4.69) is 10.6 Å². The Labute approximate surface area is 132 Å². The van der Waals surface area contributed by atoms with Crippen LogP contribution in [0.3, 0.4) is 0 Å². The van der Waals surface area contributed by atoms with E-state index in [9.17, 15) is 0 Å². The van der Waals surface area contributed by atoms with Crippen molar-refractivity contribution in [1.29, 1.82) is 0 Å². The lowest BCUT2D eigenvalue weighted by atomic mass is 9.98. The predicted octanol–water partition coefficient (Wildman–Crippen LogP) is -0.315. The molecule has 1 aliphatic heterocycles. The number of hydrogen-bond donors (Lipinski definition) is 3. The lowest BCUT2D eigenvalue weighted by molar-refractivity contribution is -0.955. The van der Waals surface area contributed by atoms with Crippen LogP contribution in [0.5, 0.6) is 0 Å². The largest absolute Gasteiger partial charge is 0.339 e. The van der Waals surface area contributed by atoms with E-state index >= 15 is 0 Å². The summed E-state index contributed by atoms with van der Waals surface area (Å²) in [6, 6.07) is 0.931. The second-order valence-electron chi connectivity index (χ2n) is 7.41. The van der Waals surface area contributed by atoms with E-state index in [0.29, 0.717) is 0 Å². The molecule has 5 N–H and O–H groups in total. The highest BCUT2D eigenvalue weighted by atomic mass is 15.2. The highest BCUT2D eigenvalue weighted by molar-refractivity contribution is 4.59. The van der Waals surface area contributed by atoms with E-state index in [1.807, 2.05) is 4.90 Å². The molecule has 2 rings (SSSR count). The Morgan fingerprint density at radius 2 is 1.29 bits per heavy atom. The summed E-state index contributed by atoms with van der Waals surface area (Å²) in [7, 11) is 0. The Bertz CT molecular complexity index is 227. The summed E-state index contributed by atoms with van der Waals surface area (Å²) < 4.78 is 0. The zero-order valence-electron chi connectivity index (χ0n) is 14.3. The van der Waals surface area contributed by atoms with Crippen LogP contribution in [0.25, 0.3) is 0 Å². The molecule has 21 heavy (non-hydrogen) atoms. The monoisotopic (exact) mass is 298 g/mol. The quantitative estimate of drug-likeness (QED) is 0.637. The van der Waals surface area contributed by atoms with Crippen molar-refractivity contribution >= 4 is 0 Å². The topological polar surface area (TPSA) is 37.7 Å². The van der Waals surface area contributed by atoms with Crippen molar-refractivity contribution in [3.05, 3.63) is 0 Å². The maximum atomic E-state index is 2.71. The van der Waals surface area contributed by atoms with Crippen LogP contribution >= 0.6 is 0 Å². The number of nitrogens with two attached hydrogens (primary N) is 2. The molecule has 1 aliphatic carbocycles. The molecule has 0 unspecified atom stereocenters. The maximum absolute atomic E-state index is 2.71. The zero-order valence-corrected chi connectivity index (χ0v) is 14.3. The fourth-order valence-corrected chi connectivity index (χ4v) is 4.09. The molecule has 3 nitrogen and oxygen atoms in total. The van der Waals surface area contributed by atoms with E-state index in [1.165, 1.54) is 110 Å². The summed E-state index contributed by atoms with van der Waals surface area (Å²) in [6.45, 7) is 8.22. The third-order valence-corrected chi connectivity index (χ3v) is 5.55. The van der Waals surface area contributed by atoms with Crippen LogP contribution in [0, 0.1) is 0 Å². The van der Waals surface area contributed by atoms with Crippen LogP contribution in [0.2, 0.25) is 0 Å². The van der Waals surface area contributed by atoms with Gasteiger partial charge in [0.15, 0.2) is 0 Å². The third kappa shape index (κ3) is 8.18. The highest BCUT2D eigenvalue weighted by Gasteiger charge is 2.17. The van der Waals surface area contributed by atoms with Gasteiger partial charge in [-0.2, -0.15) is 0 Å². The molecule has 1 saturated carbocycles. The minimum Gasteiger partial charge on any atom is -0.339 e. The number of quaternary nitrogens is 3. The molecule has 0 aromatic heterocycles. The van der Waals surface area contributed by atoms with Crippen molar-refractivity contribution in [1.82, 2.24) is 0 Å². The average Bonchev–Trinajstić information content (AvgIpc) is 2.51. The molecule has 0 aromatic carbocycles. The van der Waals surface area contributed by atoms with Gasteiger partial charge in [-0.3, -0.25) is 0 Å². The molecule has 0 atom stereocenters. The van der Waals surface area contributed by atoms with E-state index in [1.54, 1.807) is 0 Å². The van der Waals surface area contributed by atoms with Crippen LogP contribution < -0.4 is 15.5 Å². The van der Waals surface area contributed by atoms with Gasteiger partial charge in [-0.05, 0) is 25.7 Å². The van der Waals surface area contributed by atoms with Crippen molar-refractivity contribution in [3.8, 4) is 0 Å². The molecule has 1 saturated heterocycles. The van der Waals surface area contributed by atoms with Gasteiger partial charge in [0, 0.05) is 0 Å². The molecular formula is C18H40N3+3. The van der Waals surface area contributed by atoms with Gasteiger partial charge in [0.1, 0.15) is 39.3 Å². The van der Waals surface area contributed by atoms with Gasteiger partial charge < -0.3 is 15.5 Å². The maximum Gasteiger partial charge on any atom is 0.127 e. The molecule has 1 heterocycles. The number of rotatable bonds is 4. The minimum atomic E-state index is 0.931. The third-order valence-electron chi connectivity index (χ3n) is 5.55. The normalized spacial score (nSPS) is 25.1. The summed E-state index contributed by atoms with van der Waals surface area (Å²) >= 11 is 0. The van der Waals surface area contributed by atoms with Gasteiger partial charge in [-0.15, -0.1) is 0 Å². The number of nitrogens with one attached hydrogen (secondary N) is 1. The first-order valence-corrected chi connectivity index (χ1v) is 9.94. The van der Waals surface area contributed by atoms with Crippen molar-refractivity contribution < 1.29 is 15.5 Å². The highest BCUT2D eigenvalue weighted by Crippen LogP contribution is 2.15. The molecule has 2 aliphatic rings. The first kappa shape index (κ1) is 17.2. The fourth-order valence-electron chi connectivity index (χ4n) is 4.09. The van der Waals surface area contributed by atoms with Crippen LogP contribution in [0.4, 0.5) is 0 Å². The minimum absolute atomic E-state index is 0.931. The Kier molecular flexibility index (Phi) is 9.40. The van der Waals surface area contributed by atoms with Gasteiger partial charge in [0.25, 0.3) is 0 Å². The van der Waals surface area contributed by atoms with E-state index in [0.717, 1.165) is 6.04 Å². The molecule has 0 bridgehead atoms. The molecule has 0 aromatic rings.